The number of hydrogen-bond donors (Lipinski definition) is 1. The van der Waals surface area contributed by atoms with Gasteiger partial charge in [-0.05, 0) is 23.4 Å². The second-order valence-corrected chi connectivity index (χ2v) is 5.58. The normalized spacial score (nSPS) is 10.7. The van der Waals surface area contributed by atoms with Crippen LogP contribution in [-0.4, -0.2) is 26.0 Å². The van der Waals surface area contributed by atoms with Gasteiger partial charge < -0.3 is 10.1 Å². The van der Waals surface area contributed by atoms with Crippen LogP contribution in [-0.2, 0) is 11.3 Å². The van der Waals surface area contributed by atoms with Crippen LogP contribution in [0.5, 0.6) is 0 Å². The van der Waals surface area contributed by atoms with Gasteiger partial charge in [0.05, 0.1) is 6.61 Å². The van der Waals surface area contributed by atoms with Crippen molar-refractivity contribution in [3.63, 3.8) is 0 Å². The molecule has 0 unspecified atom stereocenters. The summed E-state index contributed by atoms with van der Waals surface area (Å²) >= 11 is 5.38. The van der Waals surface area contributed by atoms with Crippen molar-refractivity contribution in [1.82, 2.24) is 5.32 Å². The fourth-order valence-electron chi connectivity index (χ4n) is 1.36. The molecule has 0 heterocycles. The fourth-order valence-corrected chi connectivity index (χ4v) is 2.72. The van der Waals surface area contributed by atoms with Crippen LogP contribution >= 0.6 is 27.7 Å². The molecule has 0 bridgehead atoms. The van der Waals surface area contributed by atoms with E-state index >= 15 is 0 Å². The van der Waals surface area contributed by atoms with Gasteiger partial charge in [0.2, 0.25) is 0 Å². The zero-order valence-corrected chi connectivity index (χ0v) is 12.2. The van der Waals surface area contributed by atoms with Crippen LogP contribution in [0.15, 0.2) is 27.6 Å². The third kappa shape index (κ3) is 4.87. The molecular weight excluding hydrogens is 286 g/mol. The van der Waals surface area contributed by atoms with Crippen molar-refractivity contribution in [2.45, 2.75) is 18.4 Å². The highest BCUT2D eigenvalue weighted by Crippen LogP contribution is 2.26. The molecule has 0 fully saturated rings. The van der Waals surface area contributed by atoms with Gasteiger partial charge in [0.1, 0.15) is 0 Å². The maximum Gasteiger partial charge on any atom is 0.0587 e. The predicted molar refractivity (Wildman–Crippen MR) is 74.1 cm³/mol. The lowest BCUT2D eigenvalue weighted by Crippen LogP contribution is -2.18. The molecule has 16 heavy (non-hydrogen) atoms. The van der Waals surface area contributed by atoms with E-state index in [0.717, 1.165) is 29.9 Å². The summed E-state index contributed by atoms with van der Waals surface area (Å²) in [5.74, 6) is 1.10. The Hall–Kier alpha value is -0.0300. The first-order chi connectivity index (χ1) is 7.77. The quantitative estimate of drug-likeness (QED) is 0.617. The Kier molecular flexibility index (Phi) is 7.12. The topological polar surface area (TPSA) is 21.3 Å². The summed E-state index contributed by atoms with van der Waals surface area (Å²) in [6, 6.07) is 6.44. The van der Waals surface area contributed by atoms with E-state index in [1.165, 1.54) is 10.5 Å². The summed E-state index contributed by atoms with van der Waals surface area (Å²) in [5.41, 5.74) is 1.35. The van der Waals surface area contributed by atoms with Crippen LogP contribution in [0.2, 0.25) is 0 Å². The first kappa shape index (κ1) is 14.0. The molecule has 1 aromatic carbocycles. The second-order valence-electron chi connectivity index (χ2n) is 3.35. The first-order valence-corrected chi connectivity index (χ1v) is 7.16. The summed E-state index contributed by atoms with van der Waals surface area (Å²) in [6.45, 7) is 4.72. The predicted octanol–water partition coefficient (Wildman–Crippen LogP) is 3.30. The van der Waals surface area contributed by atoms with Gasteiger partial charge in [-0.25, -0.2) is 0 Å². The van der Waals surface area contributed by atoms with E-state index in [2.05, 4.69) is 46.4 Å². The first-order valence-electron chi connectivity index (χ1n) is 5.38. The van der Waals surface area contributed by atoms with Gasteiger partial charge in [-0.3, -0.25) is 0 Å². The minimum atomic E-state index is 0.757. The summed E-state index contributed by atoms with van der Waals surface area (Å²) in [4.78, 5) is 1.35. The number of benzene rings is 1. The summed E-state index contributed by atoms with van der Waals surface area (Å²) in [6.07, 6.45) is 0. The lowest BCUT2D eigenvalue weighted by Gasteiger charge is -2.10. The fraction of sp³-hybridized carbons (Fsp3) is 0.500. The van der Waals surface area contributed by atoms with Crippen molar-refractivity contribution in [2.75, 3.05) is 26.0 Å². The van der Waals surface area contributed by atoms with E-state index in [9.17, 15) is 0 Å². The molecule has 0 aliphatic carbocycles. The average molecular weight is 304 g/mol. The van der Waals surface area contributed by atoms with E-state index in [0.29, 0.717) is 0 Å². The van der Waals surface area contributed by atoms with E-state index in [-0.39, 0.29) is 0 Å². The molecule has 90 valence electrons. The number of methoxy groups -OCH3 is 1. The monoisotopic (exact) mass is 303 g/mol. The van der Waals surface area contributed by atoms with Gasteiger partial charge in [-0.1, -0.05) is 28.9 Å². The minimum absolute atomic E-state index is 0.757. The highest BCUT2D eigenvalue weighted by Gasteiger charge is 2.02. The molecule has 0 aliphatic rings. The molecule has 0 saturated heterocycles. The van der Waals surface area contributed by atoms with Crippen molar-refractivity contribution < 1.29 is 4.74 Å². The van der Waals surface area contributed by atoms with Crippen LogP contribution in [0.4, 0.5) is 0 Å². The van der Waals surface area contributed by atoms with E-state index < -0.39 is 0 Å². The SMILES string of the molecule is CCSc1cc(Br)ccc1CNCCOC. The van der Waals surface area contributed by atoms with E-state index in [1.807, 2.05) is 11.8 Å². The molecule has 1 rings (SSSR count). The van der Waals surface area contributed by atoms with Crippen molar-refractivity contribution in [3.8, 4) is 0 Å². The van der Waals surface area contributed by atoms with Crippen molar-refractivity contribution in [2.24, 2.45) is 0 Å². The van der Waals surface area contributed by atoms with Gasteiger partial charge in [0, 0.05) is 29.6 Å². The maximum absolute atomic E-state index is 5.00. The molecule has 4 heteroatoms. The Bertz CT molecular complexity index is 320. The smallest absolute Gasteiger partial charge is 0.0587 e. The zero-order chi connectivity index (χ0) is 11.8. The number of nitrogens with one attached hydrogen (secondary N) is 1. The Balaban J connectivity index is 2.56. The lowest BCUT2D eigenvalue weighted by atomic mass is 10.2. The van der Waals surface area contributed by atoms with Gasteiger partial charge in [-0.2, -0.15) is 0 Å². The van der Waals surface area contributed by atoms with Crippen LogP contribution in [0.1, 0.15) is 12.5 Å². The third-order valence-corrected chi connectivity index (χ3v) is 3.60. The summed E-state index contributed by atoms with van der Waals surface area (Å²) in [7, 11) is 1.72. The van der Waals surface area contributed by atoms with Gasteiger partial charge in [0.15, 0.2) is 0 Å². The number of rotatable bonds is 7. The van der Waals surface area contributed by atoms with Gasteiger partial charge >= 0.3 is 0 Å². The number of hydrogen-bond acceptors (Lipinski definition) is 3. The van der Waals surface area contributed by atoms with Gasteiger partial charge in [0.25, 0.3) is 0 Å². The maximum atomic E-state index is 5.00. The molecule has 1 N–H and O–H groups in total. The number of thioether (sulfide) groups is 1. The van der Waals surface area contributed by atoms with Gasteiger partial charge in [-0.15, -0.1) is 11.8 Å². The van der Waals surface area contributed by atoms with Crippen LogP contribution in [0.25, 0.3) is 0 Å². The second kappa shape index (κ2) is 8.12. The Labute approximate surface area is 110 Å². The largest absolute Gasteiger partial charge is 0.383 e. The average Bonchev–Trinajstić information content (AvgIpc) is 2.27. The molecule has 1 aromatic rings. The third-order valence-electron chi connectivity index (χ3n) is 2.13. The van der Waals surface area contributed by atoms with Crippen molar-refractivity contribution in [3.05, 3.63) is 28.2 Å². The Morgan fingerprint density at radius 2 is 2.25 bits per heavy atom. The summed E-state index contributed by atoms with van der Waals surface area (Å²) < 4.78 is 6.14. The van der Waals surface area contributed by atoms with Crippen molar-refractivity contribution in [1.29, 1.82) is 0 Å². The van der Waals surface area contributed by atoms with Crippen molar-refractivity contribution >= 4 is 27.7 Å². The van der Waals surface area contributed by atoms with E-state index in [4.69, 9.17) is 4.74 Å². The number of ether oxygens (including phenoxy) is 1. The molecule has 0 saturated carbocycles. The zero-order valence-electron chi connectivity index (χ0n) is 9.75. The van der Waals surface area contributed by atoms with Crippen LogP contribution in [0.3, 0.4) is 0 Å². The van der Waals surface area contributed by atoms with Crippen LogP contribution < -0.4 is 5.32 Å². The molecular formula is C12H18BrNOS. The molecule has 0 atom stereocenters. The lowest BCUT2D eigenvalue weighted by molar-refractivity contribution is 0.199. The molecule has 2 nitrogen and oxygen atoms in total. The minimum Gasteiger partial charge on any atom is -0.383 e. The summed E-state index contributed by atoms with van der Waals surface area (Å²) in [5, 5.41) is 3.37. The molecule has 0 spiro atoms. The standard InChI is InChI=1S/C12H18BrNOS/c1-3-16-12-8-11(13)5-4-10(12)9-14-6-7-15-2/h4-5,8,14H,3,6-7,9H2,1-2H3. The van der Waals surface area contributed by atoms with E-state index in [1.54, 1.807) is 7.11 Å². The highest BCUT2D eigenvalue weighted by molar-refractivity contribution is 9.10. The van der Waals surface area contributed by atoms with Crippen LogP contribution in [0, 0.1) is 0 Å². The molecule has 0 radical (unpaired) electrons. The molecule has 0 amide bonds. The molecule has 0 aliphatic heterocycles. The highest BCUT2D eigenvalue weighted by atomic mass is 79.9. The number of halogens is 1. The Morgan fingerprint density at radius 1 is 1.44 bits per heavy atom. The molecule has 0 aromatic heterocycles. The Morgan fingerprint density at radius 3 is 2.94 bits per heavy atom.